The number of ether oxygens (including phenoxy) is 6. The highest BCUT2D eigenvalue weighted by molar-refractivity contribution is 6.22. The van der Waals surface area contributed by atoms with Crippen molar-refractivity contribution in [2.75, 3.05) is 14.2 Å². The fourth-order valence-electron chi connectivity index (χ4n) is 6.39. The van der Waals surface area contributed by atoms with E-state index in [4.69, 9.17) is 40.0 Å². The number of carbonyl (C=O) groups excluding carboxylic acids is 1. The van der Waals surface area contributed by atoms with Crippen molar-refractivity contribution < 1.29 is 48.5 Å². The summed E-state index contributed by atoms with van der Waals surface area (Å²) in [5.41, 5.74) is -0.701. The molecule has 4 rings (SSSR count). The Bertz CT molecular complexity index is 1110. The van der Waals surface area contributed by atoms with Crippen LogP contribution < -0.4 is 0 Å². The van der Waals surface area contributed by atoms with Crippen molar-refractivity contribution in [1.29, 1.82) is 0 Å². The molecule has 0 aromatic heterocycles. The molecule has 4 aliphatic rings. The second kappa shape index (κ2) is 13.9. The Morgan fingerprint density at radius 1 is 1.16 bits per heavy atom. The topological polar surface area (TPSA) is 133 Å². The van der Waals surface area contributed by atoms with Crippen molar-refractivity contribution in [3.8, 4) is 11.8 Å². The van der Waals surface area contributed by atoms with Gasteiger partial charge in [-0.05, 0) is 39.3 Å². The smallest absolute Gasteiger partial charge is 0.311 e. The lowest BCUT2D eigenvalue weighted by molar-refractivity contribution is -0.362. The molecular formula is C32H47ClO10. The fraction of sp³-hybridized carbons (Fsp3) is 0.781. The maximum absolute atomic E-state index is 13.2. The molecule has 3 N–H and O–H groups in total. The zero-order valence-electron chi connectivity index (χ0n) is 26.1. The van der Waals surface area contributed by atoms with Crippen LogP contribution in [0.4, 0.5) is 0 Å². The van der Waals surface area contributed by atoms with Crippen molar-refractivity contribution in [2.45, 2.75) is 126 Å². The highest BCUT2D eigenvalue weighted by Crippen LogP contribution is 2.42. The number of halogens is 1. The minimum atomic E-state index is -1.91. The Morgan fingerprint density at radius 2 is 1.86 bits per heavy atom. The van der Waals surface area contributed by atoms with Crippen LogP contribution >= 0.6 is 11.6 Å². The maximum atomic E-state index is 13.2. The zero-order valence-corrected chi connectivity index (χ0v) is 26.8. The number of aliphatic hydroxyl groups is 3. The molecule has 0 unspecified atom stereocenters. The predicted molar refractivity (Wildman–Crippen MR) is 158 cm³/mol. The van der Waals surface area contributed by atoms with E-state index in [0.717, 1.165) is 12.0 Å². The highest BCUT2D eigenvalue weighted by Gasteiger charge is 2.55. The standard InChI is InChI=1S/C32H47ClO10/c1-17-12-22(11-9-8-10-21-14-23(21)33)41-26(34)16-32(37)15-25(19(3)27(43-32)18(2)24(13-17)38-6)42-30-29(39-7)31(5,36)28(35)20(4)40-30/h9,11,13,18-25,27-30,35-37H,12,14-16H2,1-7H3/b11-9+,17-13+/t18-,19-,20+,21+,22+,23+,24+,25+,27+,28+,29+,30+,31-,32+/m1/s1. The summed E-state index contributed by atoms with van der Waals surface area (Å²) in [4.78, 5) is 13.2. The van der Waals surface area contributed by atoms with Crippen molar-refractivity contribution in [1.82, 2.24) is 0 Å². The molecule has 14 atom stereocenters. The van der Waals surface area contributed by atoms with Crippen LogP contribution in [0.3, 0.4) is 0 Å². The first-order chi connectivity index (χ1) is 20.2. The van der Waals surface area contributed by atoms with Gasteiger partial charge in [-0.1, -0.05) is 37.3 Å². The van der Waals surface area contributed by atoms with Gasteiger partial charge in [0.15, 0.2) is 12.1 Å². The van der Waals surface area contributed by atoms with Gasteiger partial charge in [0.2, 0.25) is 0 Å². The summed E-state index contributed by atoms with van der Waals surface area (Å²) >= 11 is 6.03. The van der Waals surface area contributed by atoms with E-state index in [0.29, 0.717) is 6.42 Å². The molecule has 0 amide bonds. The SMILES string of the molecule is CO[C@H]1/C=C(\C)C[C@H](/C=C/C#C[C@H]2C[C@@H]2Cl)OC(=O)C[C@]2(O)C[C@H](O[C@@H]3O[C@@H](C)[C@H](O)[C@@](C)(O)[C@H]3OC)[C@@H](C)[C@@H](O2)[C@@H]1C. The van der Waals surface area contributed by atoms with E-state index < -0.39 is 66.7 Å². The first kappa shape index (κ1) is 34.4. The minimum absolute atomic E-state index is 0.0681. The molecule has 2 saturated heterocycles. The number of alkyl halides is 1. The molecule has 0 radical (unpaired) electrons. The van der Waals surface area contributed by atoms with Gasteiger partial charge in [0.05, 0.1) is 30.8 Å². The molecule has 43 heavy (non-hydrogen) atoms. The van der Waals surface area contributed by atoms with Crippen LogP contribution in [0.25, 0.3) is 0 Å². The molecule has 1 saturated carbocycles. The summed E-state index contributed by atoms with van der Waals surface area (Å²) < 4.78 is 35.8. The molecule has 10 nitrogen and oxygen atoms in total. The number of cyclic esters (lactones) is 1. The van der Waals surface area contributed by atoms with Gasteiger partial charge in [0.1, 0.15) is 23.9 Å². The lowest BCUT2D eigenvalue weighted by Crippen LogP contribution is -2.66. The first-order valence-electron chi connectivity index (χ1n) is 15.0. The molecule has 3 fully saturated rings. The van der Waals surface area contributed by atoms with E-state index in [2.05, 4.69) is 11.8 Å². The third kappa shape index (κ3) is 8.01. The minimum Gasteiger partial charge on any atom is -0.458 e. The van der Waals surface area contributed by atoms with Gasteiger partial charge < -0.3 is 43.7 Å². The maximum Gasteiger partial charge on any atom is 0.311 e. The Labute approximate surface area is 259 Å². The monoisotopic (exact) mass is 626 g/mol. The molecule has 11 heteroatoms. The van der Waals surface area contributed by atoms with Crippen molar-refractivity contribution in [3.63, 3.8) is 0 Å². The normalized spacial score (nSPS) is 48.6. The Hall–Kier alpha value is -1.52. The first-order valence-corrected chi connectivity index (χ1v) is 15.5. The Balaban J connectivity index is 1.61. The van der Waals surface area contributed by atoms with Gasteiger partial charge in [0.25, 0.3) is 0 Å². The number of hydrogen-bond donors (Lipinski definition) is 3. The van der Waals surface area contributed by atoms with Crippen LogP contribution in [0.1, 0.15) is 60.3 Å². The van der Waals surface area contributed by atoms with Gasteiger partial charge in [-0.15, -0.1) is 11.6 Å². The van der Waals surface area contributed by atoms with E-state index in [-0.39, 0.29) is 35.7 Å². The molecular weight excluding hydrogens is 580 g/mol. The summed E-state index contributed by atoms with van der Waals surface area (Å²) in [5, 5.41) is 33.4. The quantitative estimate of drug-likeness (QED) is 0.181. The molecule has 3 heterocycles. The molecule has 0 spiro atoms. The second-order valence-electron chi connectivity index (χ2n) is 12.8. The number of carbonyl (C=O) groups is 1. The van der Waals surface area contributed by atoms with Gasteiger partial charge in [0, 0.05) is 50.2 Å². The summed E-state index contributed by atoms with van der Waals surface area (Å²) in [6.45, 7) is 8.97. The number of aliphatic hydroxyl groups excluding tert-OH is 1. The van der Waals surface area contributed by atoms with E-state index in [1.807, 2.05) is 26.8 Å². The van der Waals surface area contributed by atoms with E-state index in [1.165, 1.54) is 14.0 Å². The number of hydrogen-bond acceptors (Lipinski definition) is 10. The van der Waals surface area contributed by atoms with Gasteiger partial charge >= 0.3 is 5.97 Å². The summed E-state index contributed by atoms with van der Waals surface area (Å²) in [5.74, 6) is 3.18. The highest BCUT2D eigenvalue weighted by atomic mass is 35.5. The number of esters is 1. The van der Waals surface area contributed by atoms with E-state index in [9.17, 15) is 20.1 Å². The van der Waals surface area contributed by atoms with Crippen LogP contribution in [0, 0.1) is 29.6 Å². The van der Waals surface area contributed by atoms with Crippen LogP contribution in [0.15, 0.2) is 23.8 Å². The van der Waals surface area contributed by atoms with Crippen molar-refractivity contribution in [2.24, 2.45) is 17.8 Å². The number of rotatable bonds is 5. The third-order valence-electron chi connectivity index (χ3n) is 9.12. The lowest BCUT2D eigenvalue weighted by atomic mass is 9.79. The van der Waals surface area contributed by atoms with Gasteiger partial charge in [-0.25, -0.2) is 0 Å². The van der Waals surface area contributed by atoms with E-state index >= 15 is 0 Å². The molecule has 0 aromatic carbocycles. The average Bonchev–Trinajstić information content (AvgIpc) is 3.63. The zero-order chi connectivity index (χ0) is 31.7. The van der Waals surface area contributed by atoms with Gasteiger partial charge in [-0.3, -0.25) is 4.79 Å². The number of methoxy groups -OCH3 is 2. The van der Waals surface area contributed by atoms with Crippen LogP contribution in [-0.2, 0) is 33.2 Å². The average molecular weight is 627 g/mol. The number of allylic oxidation sites excluding steroid dienone is 1. The third-order valence-corrected chi connectivity index (χ3v) is 9.60. The fourth-order valence-corrected chi connectivity index (χ4v) is 6.65. The van der Waals surface area contributed by atoms with E-state index in [1.54, 1.807) is 26.2 Å². The molecule has 1 aliphatic carbocycles. The Morgan fingerprint density at radius 3 is 2.49 bits per heavy atom. The van der Waals surface area contributed by atoms with Crippen LogP contribution in [0.5, 0.6) is 0 Å². The largest absolute Gasteiger partial charge is 0.458 e. The summed E-state index contributed by atoms with van der Waals surface area (Å²) in [7, 11) is 3.02. The molecule has 3 aliphatic heterocycles. The molecule has 242 valence electrons. The van der Waals surface area contributed by atoms with Crippen LogP contribution in [0.2, 0.25) is 0 Å². The summed E-state index contributed by atoms with van der Waals surface area (Å²) in [6, 6.07) is 0. The van der Waals surface area contributed by atoms with Crippen molar-refractivity contribution in [3.05, 3.63) is 23.8 Å². The number of fused-ring (bicyclic) bond motifs is 2. The molecule has 0 aromatic rings. The predicted octanol–water partition coefficient (Wildman–Crippen LogP) is 2.85. The van der Waals surface area contributed by atoms with Gasteiger partial charge in [-0.2, -0.15) is 0 Å². The summed E-state index contributed by atoms with van der Waals surface area (Å²) in [6.07, 6.45) is -0.0668. The second-order valence-corrected chi connectivity index (χ2v) is 13.4. The Kier molecular flexibility index (Phi) is 11.1. The molecule has 2 bridgehead atoms. The van der Waals surface area contributed by atoms with Crippen LogP contribution in [-0.4, -0.2) is 101 Å². The van der Waals surface area contributed by atoms with Crippen molar-refractivity contribution >= 4 is 17.6 Å². The lowest BCUT2D eigenvalue weighted by Gasteiger charge is -2.51.